The number of benzene rings is 2. The molecule has 4 aromatic rings. The van der Waals surface area contributed by atoms with Gasteiger partial charge in [0.25, 0.3) is 0 Å². The second kappa shape index (κ2) is 7.42. The van der Waals surface area contributed by atoms with Crippen LogP contribution in [0.1, 0.15) is 5.56 Å². The van der Waals surface area contributed by atoms with Gasteiger partial charge in [0.15, 0.2) is 0 Å². The highest BCUT2D eigenvalue weighted by atomic mass is 35.5. The first kappa shape index (κ1) is 19.8. The third-order valence-corrected chi connectivity index (χ3v) is 4.75. The average Bonchev–Trinajstić information content (AvgIpc) is 2.97. The molecule has 0 fully saturated rings. The number of para-hydroxylation sites is 1. The molecule has 0 aliphatic heterocycles. The van der Waals surface area contributed by atoms with Crippen molar-refractivity contribution >= 4 is 22.5 Å². The first-order valence-electron chi connectivity index (χ1n) is 8.62. The van der Waals surface area contributed by atoms with Gasteiger partial charge in [-0.25, -0.2) is 9.36 Å². The normalized spacial score (nSPS) is 11.7. The lowest BCUT2D eigenvalue weighted by atomic mass is 10.1. The van der Waals surface area contributed by atoms with Gasteiger partial charge in [-0.2, -0.15) is 0 Å². The third-order valence-electron chi connectivity index (χ3n) is 4.43. The summed E-state index contributed by atoms with van der Waals surface area (Å²) in [5.74, 6) is -0.813. The van der Waals surface area contributed by atoms with E-state index in [1.807, 2.05) is 24.3 Å². The monoisotopic (exact) mass is 435 g/mol. The standard InChI is InChI=1S/C20H13ClF3N3O3/c21-16-9-25-17-4-2-1-3-14(17)15(16)10-26-11-18(28)27(19(26)29)12-5-7-13(8-6-12)30-20(22,23)24/h1-9,11,28H,10H2. The van der Waals surface area contributed by atoms with E-state index in [0.717, 1.165) is 22.1 Å². The highest BCUT2D eigenvalue weighted by Gasteiger charge is 2.31. The Balaban J connectivity index is 1.70. The maximum atomic E-state index is 12.9. The van der Waals surface area contributed by atoms with Gasteiger partial charge in [0, 0.05) is 17.1 Å². The molecule has 2 aromatic heterocycles. The number of halogens is 4. The van der Waals surface area contributed by atoms with Crippen molar-refractivity contribution in [2.45, 2.75) is 12.9 Å². The number of aromatic hydroxyl groups is 1. The minimum atomic E-state index is -4.82. The molecular weight excluding hydrogens is 423 g/mol. The Morgan fingerprint density at radius 2 is 1.80 bits per heavy atom. The quantitative estimate of drug-likeness (QED) is 0.512. The number of hydrogen-bond acceptors (Lipinski definition) is 4. The Hall–Kier alpha value is -3.46. The van der Waals surface area contributed by atoms with E-state index in [1.54, 1.807) is 0 Å². The maximum Gasteiger partial charge on any atom is 0.573 e. The third kappa shape index (κ3) is 3.84. The summed E-state index contributed by atoms with van der Waals surface area (Å²) in [4.78, 5) is 17.1. The first-order valence-corrected chi connectivity index (χ1v) is 9.00. The molecule has 0 spiro atoms. The molecule has 0 aliphatic carbocycles. The Kier molecular flexibility index (Phi) is 4.90. The molecule has 0 atom stereocenters. The predicted octanol–water partition coefficient (Wildman–Crippen LogP) is 4.49. The second-order valence-electron chi connectivity index (χ2n) is 6.38. The largest absolute Gasteiger partial charge is 0.573 e. The molecule has 0 radical (unpaired) electrons. The second-order valence-corrected chi connectivity index (χ2v) is 6.78. The predicted molar refractivity (Wildman–Crippen MR) is 104 cm³/mol. The molecule has 0 unspecified atom stereocenters. The summed E-state index contributed by atoms with van der Waals surface area (Å²) in [6.45, 7) is 0.0660. The molecular formula is C20H13ClF3N3O3. The minimum Gasteiger partial charge on any atom is -0.493 e. The van der Waals surface area contributed by atoms with E-state index in [4.69, 9.17) is 11.6 Å². The smallest absolute Gasteiger partial charge is 0.493 e. The number of fused-ring (bicyclic) bond motifs is 1. The van der Waals surface area contributed by atoms with Gasteiger partial charge in [-0.05, 0) is 30.3 Å². The number of pyridine rings is 1. The van der Waals surface area contributed by atoms with Crippen LogP contribution in [-0.2, 0) is 6.54 Å². The zero-order valence-corrected chi connectivity index (χ0v) is 15.9. The van der Waals surface area contributed by atoms with E-state index in [1.165, 1.54) is 29.1 Å². The van der Waals surface area contributed by atoms with Crippen molar-refractivity contribution in [3.05, 3.63) is 82.0 Å². The molecule has 2 heterocycles. The van der Waals surface area contributed by atoms with Gasteiger partial charge in [0.2, 0.25) is 5.88 Å². The minimum absolute atomic E-state index is 0.0660. The summed E-state index contributed by atoms with van der Waals surface area (Å²) >= 11 is 6.29. The summed E-state index contributed by atoms with van der Waals surface area (Å²) in [6, 6.07) is 11.9. The molecule has 0 aliphatic rings. The summed E-state index contributed by atoms with van der Waals surface area (Å²) < 4.78 is 43.0. The van der Waals surface area contributed by atoms with Gasteiger partial charge in [-0.3, -0.25) is 9.55 Å². The molecule has 10 heteroatoms. The van der Waals surface area contributed by atoms with Crippen molar-refractivity contribution in [1.82, 2.24) is 14.1 Å². The van der Waals surface area contributed by atoms with Crippen LogP contribution in [0.3, 0.4) is 0 Å². The Morgan fingerprint density at radius 1 is 1.10 bits per heavy atom. The van der Waals surface area contributed by atoms with E-state index in [9.17, 15) is 23.1 Å². The topological polar surface area (TPSA) is 69.3 Å². The van der Waals surface area contributed by atoms with Crippen LogP contribution < -0.4 is 10.4 Å². The molecule has 4 rings (SSSR count). The number of ether oxygens (including phenoxy) is 1. The van der Waals surface area contributed by atoms with E-state index in [2.05, 4.69) is 9.72 Å². The van der Waals surface area contributed by atoms with Crippen molar-refractivity contribution in [1.29, 1.82) is 0 Å². The van der Waals surface area contributed by atoms with Crippen LogP contribution in [0.2, 0.25) is 5.02 Å². The number of rotatable bonds is 4. The Morgan fingerprint density at radius 3 is 2.50 bits per heavy atom. The van der Waals surface area contributed by atoms with Gasteiger partial charge < -0.3 is 9.84 Å². The van der Waals surface area contributed by atoms with E-state index in [0.29, 0.717) is 16.1 Å². The number of nitrogens with zero attached hydrogens (tertiary/aromatic N) is 3. The number of aromatic nitrogens is 3. The Bertz CT molecular complexity index is 1280. The SMILES string of the molecule is O=c1n(Cc2c(Cl)cnc3ccccc23)cc(O)n1-c1ccc(OC(F)(F)F)cc1. The zero-order valence-electron chi connectivity index (χ0n) is 15.1. The number of hydrogen-bond donors (Lipinski definition) is 1. The van der Waals surface area contributed by atoms with Crippen molar-refractivity contribution in [3.8, 4) is 17.3 Å². The molecule has 0 saturated carbocycles. The van der Waals surface area contributed by atoms with Crippen LogP contribution in [0.25, 0.3) is 16.6 Å². The summed E-state index contributed by atoms with van der Waals surface area (Å²) in [6.07, 6.45) is -2.11. The molecule has 1 N–H and O–H groups in total. The average molecular weight is 436 g/mol. The number of alkyl halides is 3. The summed E-state index contributed by atoms with van der Waals surface area (Å²) in [7, 11) is 0. The van der Waals surface area contributed by atoms with Crippen molar-refractivity contribution in [3.63, 3.8) is 0 Å². The maximum absolute atomic E-state index is 12.9. The molecule has 6 nitrogen and oxygen atoms in total. The van der Waals surface area contributed by atoms with Gasteiger partial charge >= 0.3 is 12.1 Å². The van der Waals surface area contributed by atoms with Crippen LogP contribution in [0, 0.1) is 0 Å². The molecule has 154 valence electrons. The van der Waals surface area contributed by atoms with Crippen LogP contribution in [0.5, 0.6) is 11.6 Å². The van der Waals surface area contributed by atoms with Gasteiger partial charge in [-0.15, -0.1) is 13.2 Å². The van der Waals surface area contributed by atoms with Crippen molar-refractivity contribution < 1.29 is 23.0 Å². The van der Waals surface area contributed by atoms with Gasteiger partial charge in [0.05, 0.1) is 29.0 Å². The molecule has 0 bridgehead atoms. The number of imidazole rings is 1. The highest BCUT2D eigenvalue weighted by molar-refractivity contribution is 6.32. The lowest BCUT2D eigenvalue weighted by Gasteiger charge is -2.10. The van der Waals surface area contributed by atoms with E-state index < -0.39 is 17.8 Å². The molecule has 0 saturated heterocycles. The van der Waals surface area contributed by atoms with Crippen LogP contribution >= 0.6 is 11.6 Å². The van der Waals surface area contributed by atoms with Crippen LogP contribution in [-0.4, -0.2) is 25.6 Å². The molecule has 30 heavy (non-hydrogen) atoms. The van der Waals surface area contributed by atoms with E-state index in [-0.39, 0.29) is 18.1 Å². The Labute approximate surface area is 172 Å². The van der Waals surface area contributed by atoms with Gasteiger partial charge in [0.1, 0.15) is 5.75 Å². The first-order chi connectivity index (χ1) is 14.2. The molecule has 2 aromatic carbocycles. The summed E-state index contributed by atoms with van der Waals surface area (Å²) in [5.41, 5.74) is 0.940. The van der Waals surface area contributed by atoms with Crippen LogP contribution in [0.4, 0.5) is 13.2 Å². The lowest BCUT2D eigenvalue weighted by molar-refractivity contribution is -0.274. The lowest BCUT2D eigenvalue weighted by Crippen LogP contribution is -2.23. The summed E-state index contributed by atoms with van der Waals surface area (Å²) in [5, 5.41) is 11.4. The molecule has 0 amide bonds. The fourth-order valence-electron chi connectivity index (χ4n) is 3.14. The zero-order chi connectivity index (χ0) is 21.5. The fourth-order valence-corrected chi connectivity index (χ4v) is 3.35. The van der Waals surface area contributed by atoms with Gasteiger partial charge in [-0.1, -0.05) is 29.8 Å². The highest BCUT2D eigenvalue weighted by Crippen LogP contribution is 2.27. The van der Waals surface area contributed by atoms with Crippen molar-refractivity contribution in [2.24, 2.45) is 0 Å². The van der Waals surface area contributed by atoms with E-state index >= 15 is 0 Å². The van der Waals surface area contributed by atoms with Crippen LogP contribution in [0.15, 0.2) is 65.7 Å². The fraction of sp³-hybridized carbons (Fsp3) is 0.100. The van der Waals surface area contributed by atoms with Crippen molar-refractivity contribution in [2.75, 3.05) is 0 Å².